The van der Waals surface area contributed by atoms with Crippen LogP contribution >= 0.6 is 0 Å². The molecule has 3 aromatic rings. The number of nitrogens with one attached hydrogen (secondary N) is 2. The number of carbonyl (C=O) groups is 1. The van der Waals surface area contributed by atoms with Gasteiger partial charge in [0.2, 0.25) is 11.7 Å². The zero-order valence-corrected chi connectivity index (χ0v) is 17.6. The summed E-state index contributed by atoms with van der Waals surface area (Å²) in [4.78, 5) is 21.4. The van der Waals surface area contributed by atoms with Crippen LogP contribution in [0.2, 0.25) is 0 Å². The average molecular weight is 408 g/mol. The minimum Gasteiger partial charge on any atom is -0.493 e. The van der Waals surface area contributed by atoms with Crippen LogP contribution in [-0.2, 0) is 0 Å². The van der Waals surface area contributed by atoms with Crippen molar-refractivity contribution in [2.45, 2.75) is 13.8 Å². The Morgan fingerprint density at radius 2 is 1.33 bits per heavy atom. The lowest BCUT2D eigenvalue weighted by Crippen LogP contribution is -2.12. The van der Waals surface area contributed by atoms with E-state index in [9.17, 15) is 4.79 Å². The molecule has 0 aliphatic heterocycles. The highest BCUT2D eigenvalue weighted by Crippen LogP contribution is 2.38. The third kappa shape index (κ3) is 4.78. The van der Waals surface area contributed by atoms with Crippen LogP contribution in [0.1, 0.15) is 21.7 Å². The maximum Gasteiger partial charge on any atom is 0.255 e. The van der Waals surface area contributed by atoms with E-state index < -0.39 is 0 Å². The van der Waals surface area contributed by atoms with Crippen molar-refractivity contribution in [2.75, 3.05) is 32.0 Å². The van der Waals surface area contributed by atoms with E-state index in [1.54, 1.807) is 24.3 Å². The first-order chi connectivity index (χ1) is 14.4. The largest absolute Gasteiger partial charge is 0.493 e. The van der Waals surface area contributed by atoms with Crippen LogP contribution in [0.15, 0.2) is 42.5 Å². The topological polar surface area (TPSA) is 94.6 Å². The molecule has 0 spiro atoms. The fourth-order valence-corrected chi connectivity index (χ4v) is 2.96. The molecule has 156 valence electrons. The van der Waals surface area contributed by atoms with Gasteiger partial charge in [0.15, 0.2) is 11.5 Å². The molecule has 0 bridgehead atoms. The third-order valence-electron chi connectivity index (χ3n) is 4.31. The Morgan fingerprint density at radius 3 is 1.83 bits per heavy atom. The molecule has 2 N–H and O–H groups in total. The van der Waals surface area contributed by atoms with E-state index in [1.165, 1.54) is 21.3 Å². The quantitative estimate of drug-likeness (QED) is 0.607. The van der Waals surface area contributed by atoms with E-state index in [4.69, 9.17) is 14.2 Å². The molecule has 0 unspecified atom stereocenters. The number of ether oxygens (including phenoxy) is 3. The van der Waals surface area contributed by atoms with Crippen LogP contribution in [0.3, 0.4) is 0 Å². The molecule has 0 atom stereocenters. The highest BCUT2D eigenvalue weighted by molar-refractivity contribution is 6.05. The molecular weight excluding hydrogens is 384 g/mol. The van der Waals surface area contributed by atoms with Crippen molar-refractivity contribution < 1.29 is 19.0 Å². The first-order valence-electron chi connectivity index (χ1n) is 9.24. The molecule has 1 heterocycles. The molecule has 1 amide bonds. The minimum absolute atomic E-state index is 0.299. The van der Waals surface area contributed by atoms with E-state index in [2.05, 4.69) is 20.6 Å². The van der Waals surface area contributed by atoms with Crippen LogP contribution in [0.25, 0.3) is 0 Å². The van der Waals surface area contributed by atoms with Crippen molar-refractivity contribution in [1.82, 2.24) is 9.97 Å². The summed E-state index contributed by atoms with van der Waals surface area (Å²) in [6, 6.07) is 12.4. The summed E-state index contributed by atoms with van der Waals surface area (Å²) in [5, 5.41) is 6.02. The Hall–Kier alpha value is -3.81. The number of methoxy groups -OCH3 is 3. The predicted octanol–water partition coefficient (Wildman–Crippen LogP) is 4.12. The number of amides is 1. The minimum atomic E-state index is -0.299. The Morgan fingerprint density at radius 1 is 0.800 bits per heavy atom. The van der Waals surface area contributed by atoms with Gasteiger partial charge in [0.25, 0.3) is 5.91 Å². The molecular formula is C22H24N4O4. The van der Waals surface area contributed by atoms with E-state index >= 15 is 0 Å². The normalized spacial score (nSPS) is 10.3. The molecule has 0 saturated heterocycles. The van der Waals surface area contributed by atoms with Gasteiger partial charge in [0.1, 0.15) is 0 Å². The lowest BCUT2D eigenvalue weighted by atomic mass is 10.1. The van der Waals surface area contributed by atoms with Gasteiger partial charge >= 0.3 is 0 Å². The maximum absolute atomic E-state index is 12.7. The Labute approximate surface area is 175 Å². The SMILES string of the molecule is COc1cc(C(=O)Nc2ccc(Nc3nc(C)cc(C)n3)cc2)cc(OC)c1OC. The second-order valence-corrected chi connectivity index (χ2v) is 6.54. The summed E-state index contributed by atoms with van der Waals surface area (Å²) in [5.41, 5.74) is 3.61. The Bertz CT molecular complexity index is 1010. The van der Waals surface area contributed by atoms with Gasteiger partial charge in [-0.1, -0.05) is 0 Å². The van der Waals surface area contributed by atoms with E-state index in [0.717, 1.165) is 17.1 Å². The average Bonchev–Trinajstić information content (AvgIpc) is 2.73. The lowest BCUT2D eigenvalue weighted by Gasteiger charge is -2.14. The molecule has 0 aliphatic rings. The molecule has 30 heavy (non-hydrogen) atoms. The molecule has 3 rings (SSSR count). The van der Waals surface area contributed by atoms with Gasteiger partial charge in [-0.05, 0) is 56.3 Å². The Kier molecular flexibility index (Phi) is 6.36. The number of aromatic nitrogens is 2. The van der Waals surface area contributed by atoms with Gasteiger partial charge in [-0.25, -0.2) is 9.97 Å². The van der Waals surface area contributed by atoms with E-state index in [1.807, 2.05) is 32.0 Å². The fraction of sp³-hybridized carbons (Fsp3) is 0.227. The Balaban J connectivity index is 1.74. The molecule has 1 aromatic heterocycles. The molecule has 2 aromatic carbocycles. The van der Waals surface area contributed by atoms with Crippen molar-refractivity contribution >= 4 is 23.2 Å². The number of aryl methyl sites for hydroxylation is 2. The summed E-state index contributed by atoms with van der Waals surface area (Å²) >= 11 is 0. The number of benzene rings is 2. The predicted molar refractivity (Wildman–Crippen MR) is 115 cm³/mol. The maximum atomic E-state index is 12.7. The van der Waals surface area contributed by atoms with E-state index in [-0.39, 0.29) is 5.91 Å². The fourth-order valence-electron chi connectivity index (χ4n) is 2.96. The van der Waals surface area contributed by atoms with Crippen molar-refractivity contribution in [3.05, 3.63) is 59.4 Å². The number of carbonyl (C=O) groups excluding carboxylic acids is 1. The first-order valence-corrected chi connectivity index (χ1v) is 9.24. The van der Waals surface area contributed by atoms with Gasteiger partial charge < -0.3 is 24.8 Å². The van der Waals surface area contributed by atoms with Crippen molar-refractivity contribution in [3.8, 4) is 17.2 Å². The second kappa shape index (κ2) is 9.13. The van der Waals surface area contributed by atoms with Crippen molar-refractivity contribution in [3.63, 3.8) is 0 Å². The van der Waals surface area contributed by atoms with Gasteiger partial charge in [0, 0.05) is 28.3 Å². The summed E-state index contributed by atoms with van der Waals surface area (Å²) < 4.78 is 15.9. The number of anilines is 3. The van der Waals surface area contributed by atoms with Crippen LogP contribution in [0.4, 0.5) is 17.3 Å². The van der Waals surface area contributed by atoms with Crippen LogP contribution in [0, 0.1) is 13.8 Å². The lowest BCUT2D eigenvalue weighted by molar-refractivity contribution is 0.102. The van der Waals surface area contributed by atoms with Crippen LogP contribution in [0.5, 0.6) is 17.2 Å². The summed E-state index contributed by atoms with van der Waals surface area (Å²) in [6.07, 6.45) is 0. The summed E-state index contributed by atoms with van der Waals surface area (Å²) in [7, 11) is 4.52. The molecule has 0 saturated carbocycles. The molecule has 8 heteroatoms. The standard InChI is InChI=1S/C22H24N4O4/c1-13-10-14(2)24-22(23-13)26-17-8-6-16(7-9-17)25-21(27)15-11-18(28-3)20(30-5)19(12-15)29-4/h6-12H,1-5H3,(H,25,27)(H,23,24,26). The zero-order chi connectivity index (χ0) is 21.7. The van der Waals surface area contributed by atoms with Gasteiger partial charge in [-0.3, -0.25) is 4.79 Å². The van der Waals surface area contributed by atoms with Gasteiger partial charge in [-0.15, -0.1) is 0 Å². The highest BCUT2D eigenvalue weighted by atomic mass is 16.5. The van der Waals surface area contributed by atoms with Gasteiger partial charge in [-0.2, -0.15) is 0 Å². The van der Waals surface area contributed by atoms with Crippen LogP contribution in [-0.4, -0.2) is 37.2 Å². The second-order valence-electron chi connectivity index (χ2n) is 6.54. The smallest absolute Gasteiger partial charge is 0.255 e. The summed E-state index contributed by atoms with van der Waals surface area (Å²) in [5.74, 6) is 1.49. The third-order valence-corrected chi connectivity index (χ3v) is 4.31. The number of rotatable bonds is 7. The first kappa shape index (κ1) is 20.9. The zero-order valence-electron chi connectivity index (χ0n) is 17.6. The monoisotopic (exact) mass is 408 g/mol. The number of hydrogen-bond acceptors (Lipinski definition) is 7. The van der Waals surface area contributed by atoms with E-state index in [0.29, 0.717) is 34.4 Å². The van der Waals surface area contributed by atoms with Crippen molar-refractivity contribution in [2.24, 2.45) is 0 Å². The molecule has 0 radical (unpaired) electrons. The van der Waals surface area contributed by atoms with Gasteiger partial charge in [0.05, 0.1) is 21.3 Å². The molecule has 8 nitrogen and oxygen atoms in total. The molecule has 0 fully saturated rings. The number of nitrogens with zero attached hydrogens (tertiary/aromatic N) is 2. The van der Waals surface area contributed by atoms with Crippen molar-refractivity contribution in [1.29, 1.82) is 0 Å². The van der Waals surface area contributed by atoms with Crippen LogP contribution < -0.4 is 24.8 Å². The highest BCUT2D eigenvalue weighted by Gasteiger charge is 2.17. The molecule has 0 aliphatic carbocycles. The summed E-state index contributed by atoms with van der Waals surface area (Å²) in [6.45, 7) is 3.84. The number of hydrogen-bond donors (Lipinski definition) is 2.